The average molecular weight is 326 g/mol. The van der Waals surface area contributed by atoms with Crippen LogP contribution in [-0.4, -0.2) is 22.6 Å². The zero-order valence-electron chi connectivity index (χ0n) is 12.0. The highest BCUT2D eigenvalue weighted by Crippen LogP contribution is 2.32. The van der Waals surface area contributed by atoms with Crippen molar-refractivity contribution in [3.63, 3.8) is 0 Å². The van der Waals surface area contributed by atoms with Gasteiger partial charge in [0, 0.05) is 18.3 Å². The summed E-state index contributed by atoms with van der Waals surface area (Å²) in [7, 11) is 0. The number of carboxylic acid groups (broad SMARTS) is 1. The molecule has 0 aliphatic rings. The molecule has 23 heavy (non-hydrogen) atoms. The number of hydrogen-bond acceptors (Lipinski definition) is 4. The molecule has 0 aliphatic carbocycles. The van der Waals surface area contributed by atoms with Crippen LogP contribution < -0.4 is 10.1 Å². The number of aromatic nitrogens is 1. The molecular formula is C15H13F3N2O3. The Labute approximate surface area is 129 Å². The summed E-state index contributed by atoms with van der Waals surface area (Å²) in [6, 6.07) is 6.99. The second kappa shape index (κ2) is 6.55. The Bertz CT molecular complexity index is 717. The third-order valence-corrected chi connectivity index (χ3v) is 2.79. The van der Waals surface area contributed by atoms with Crippen molar-refractivity contribution in [3.05, 3.63) is 47.7 Å². The van der Waals surface area contributed by atoms with Gasteiger partial charge in [-0.2, -0.15) is 13.2 Å². The highest BCUT2D eigenvalue weighted by atomic mass is 19.4. The van der Waals surface area contributed by atoms with Crippen LogP contribution in [0.1, 0.15) is 23.0 Å². The molecule has 0 saturated carbocycles. The van der Waals surface area contributed by atoms with Crippen molar-refractivity contribution in [1.29, 1.82) is 0 Å². The Balaban J connectivity index is 2.34. The predicted octanol–water partition coefficient (Wildman–Crippen LogP) is 4.02. The summed E-state index contributed by atoms with van der Waals surface area (Å²) < 4.78 is 43.3. The van der Waals surface area contributed by atoms with Gasteiger partial charge in [-0.05, 0) is 31.2 Å². The van der Waals surface area contributed by atoms with E-state index in [1.165, 1.54) is 24.3 Å². The molecule has 2 rings (SSSR count). The number of carbonyl (C=O) groups is 1. The first kappa shape index (κ1) is 16.6. The van der Waals surface area contributed by atoms with Crippen molar-refractivity contribution in [2.24, 2.45) is 0 Å². The van der Waals surface area contributed by atoms with Crippen LogP contribution in [0.15, 0.2) is 36.4 Å². The van der Waals surface area contributed by atoms with Gasteiger partial charge in [0.05, 0.1) is 5.56 Å². The van der Waals surface area contributed by atoms with E-state index >= 15 is 0 Å². The fraction of sp³-hybridized carbons (Fsp3) is 0.200. The number of alkyl halides is 3. The standard InChI is InChI=1S/C15H13F3N2O3/c1-2-19-10-7-12(14(21)22)20-13(8-10)23-11-5-3-4-9(6-11)15(16,17)18/h3-8H,2H2,1H3,(H,19,20)(H,21,22). The minimum Gasteiger partial charge on any atom is -0.477 e. The summed E-state index contributed by atoms with van der Waals surface area (Å²) in [5.41, 5.74) is -0.691. The van der Waals surface area contributed by atoms with Crippen LogP contribution >= 0.6 is 0 Å². The number of aromatic carboxylic acids is 1. The number of rotatable bonds is 5. The van der Waals surface area contributed by atoms with Gasteiger partial charge in [-0.1, -0.05) is 6.07 Å². The first-order valence-electron chi connectivity index (χ1n) is 6.64. The number of hydrogen-bond donors (Lipinski definition) is 2. The highest BCUT2D eigenvalue weighted by molar-refractivity contribution is 5.86. The van der Waals surface area contributed by atoms with Gasteiger partial charge in [-0.25, -0.2) is 9.78 Å². The van der Waals surface area contributed by atoms with Gasteiger partial charge in [0.15, 0.2) is 5.69 Å². The normalized spacial score (nSPS) is 11.1. The summed E-state index contributed by atoms with van der Waals surface area (Å²) in [6.45, 7) is 2.35. The van der Waals surface area contributed by atoms with E-state index in [0.29, 0.717) is 12.2 Å². The Morgan fingerprint density at radius 1 is 1.30 bits per heavy atom. The maximum Gasteiger partial charge on any atom is 0.416 e. The molecule has 8 heteroatoms. The van der Waals surface area contributed by atoms with Crippen LogP contribution in [0.5, 0.6) is 11.6 Å². The zero-order valence-corrected chi connectivity index (χ0v) is 12.0. The molecule has 0 spiro atoms. The topological polar surface area (TPSA) is 71.5 Å². The van der Waals surface area contributed by atoms with Crippen molar-refractivity contribution in [2.45, 2.75) is 13.1 Å². The van der Waals surface area contributed by atoms with E-state index in [9.17, 15) is 18.0 Å². The van der Waals surface area contributed by atoms with Gasteiger partial charge in [-0.15, -0.1) is 0 Å². The Morgan fingerprint density at radius 2 is 2.04 bits per heavy atom. The molecule has 1 aromatic carbocycles. The van der Waals surface area contributed by atoms with Gasteiger partial charge in [0.1, 0.15) is 5.75 Å². The molecule has 1 heterocycles. The van der Waals surface area contributed by atoms with Gasteiger partial charge in [0.2, 0.25) is 5.88 Å². The smallest absolute Gasteiger partial charge is 0.416 e. The van der Waals surface area contributed by atoms with Crippen LogP contribution in [0.3, 0.4) is 0 Å². The molecular weight excluding hydrogens is 313 g/mol. The number of ether oxygens (including phenoxy) is 1. The lowest BCUT2D eigenvalue weighted by atomic mass is 10.2. The second-order valence-electron chi connectivity index (χ2n) is 4.54. The minimum atomic E-state index is -4.50. The van der Waals surface area contributed by atoms with Crippen LogP contribution in [-0.2, 0) is 6.18 Å². The minimum absolute atomic E-state index is 0.0858. The second-order valence-corrected chi connectivity index (χ2v) is 4.54. The third kappa shape index (κ3) is 4.35. The van der Waals surface area contributed by atoms with E-state index in [-0.39, 0.29) is 17.3 Å². The average Bonchev–Trinajstić information content (AvgIpc) is 2.46. The molecule has 0 aliphatic heterocycles. The maximum atomic E-state index is 12.7. The maximum absolute atomic E-state index is 12.7. The monoisotopic (exact) mass is 326 g/mol. The molecule has 0 amide bonds. The van der Waals surface area contributed by atoms with Gasteiger partial charge >= 0.3 is 12.1 Å². The third-order valence-electron chi connectivity index (χ3n) is 2.79. The summed E-state index contributed by atoms with van der Waals surface area (Å²) in [5.74, 6) is -1.46. The number of nitrogens with zero attached hydrogens (tertiary/aromatic N) is 1. The Hall–Kier alpha value is -2.77. The van der Waals surface area contributed by atoms with E-state index in [1.807, 2.05) is 6.92 Å². The van der Waals surface area contributed by atoms with Crippen LogP contribution in [0.2, 0.25) is 0 Å². The number of benzene rings is 1. The zero-order chi connectivity index (χ0) is 17.0. The summed E-state index contributed by atoms with van der Waals surface area (Å²) in [4.78, 5) is 14.8. The molecule has 2 N–H and O–H groups in total. The first-order valence-corrected chi connectivity index (χ1v) is 6.64. The quantitative estimate of drug-likeness (QED) is 0.868. The molecule has 0 unspecified atom stereocenters. The number of carboxylic acids is 1. The number of pyridine rings is 1. The van der Waals surface area contributed by atoms with Crippen LogP contribution in [0, 0.1) is 0 Å². The van der Waals surface area contributed by atoms with Crippen molar-refractivity contribution >= 4 is 11.7 Å². The van der Waals surface area contributed by atoms with Gasteiger partial charge in [-0.3, -0.25) is 0 Å². The highest BCUT2D eigenvalue weighted by Gasteiger charge is 2.30. The number of anilines is 1. The van der Waals surface area contributed by atoms with E-state index in [4.69, 9.17) is 9.84 Å². The summed E-state index contributed by atoms with van der Waals surface area (Å²) >= 11 is 0. The SMILES string of the molecule is CCNc1cc(Oc2cccc(C(F)(F)F)c2)nc(C(=O)O)c1. The molecule has 0 radical (unpaired) electrons. The van der Waals surface area contributed by atoms with Crippen molar-refractivity contribution < 1.29 is 27.8 Å². The van der Waals surface area contributed by atoms with Crippen molar-refractivity contribution in [1.82, 2.24) is 4.98 Å². The van der Waals surface area contributed by atoms with Crippen molar-refractivity contribution in [2.75, 3.05) is 11.9 Å². The van der Waals surface area contributed by atoms with Gasteiger partial charge < -0.3 is 15.2 Å². The fourth-order valence-corrected chi connectivity index (χ4v) is 1.83. The number of halogens is 3. The Kier molecular flexibility index (Phi) is 4.73. The van der Waals surface area contributed by atoms with Crippen LogP contribution in [0.25, 0.3) is 0 Å². The van der Waals surface area contributed by atoms with Gasteiger partial charge in [0.25, 0.3) is 0 Å². The number of nitrogens with one attached hydrogen (secondary N) is 1. The Morgan fingerprint density at radius 3 is 2.65 bits per heavy atom. The van der Waals surface area contributed by atoms with E-state index < -0.39 is 17.7 Å². The molecule has 1 aromatic heterocycles. The lowest BCUT2D eigenvalue weighted by molar-refractivity contribution is -0.137. The fourth-order valence-electron chi connectivity index (χ4n) is 1.83. The molecule has 122 valence electrons. The molecule has 2 aromatic rings. The molecule has 0 atom stereocenters. The molecule has 0 fully saturated rings. The lowest BCUT2D eigenvalue weighted by Gasteiger charge is -2.11. The molecule has 0 bridgehead atoms. The first-order chi connectivity index (χ1) is 10.8. The lowest BCUT2D eigenvalue weighted by Crippen LogP contribution is -2.06. The van der Waals surface area contributed by atoms with Crippen molar-refractivity contribution in [3.8, 4) is 11.6 Å². The van der Waals surface area contributed by atoms with E-state index in [1.54, 1.807) is 0 Å². The van der Waals surface area contributed by atoms with E-state index in [2.05, 4.69) is 10.3 Å². The van der Waals surface area contributed by atoms with E-state index in [0.717, 1.165) is 12.1 Å². The largest absolute Gasteiger partial charge is 0.477 e. The summed E-state index contributed by atoms with van der Waals surface area (Å²) in [5, 5.41) is 11.9. The summed E-state index contributed by atoms with van der Waals surface area (Å²) in [6.07, 6.45) is -4.50. The van der Waals surface area contributed by atoms with Crippen LogP contribution in [0.4, 0.5) is 18.9 Å². The predicted molar refractivity (Wildman–Crippen MR) is 76.9 cm³/mol. The molecule has 0 saturated heterocycles. The molecule has 5 nitrogen and oxygen atoms in total.